The summed E-state index contributed by atoms with van der Waals surface area (Å²) in [5, 5.41) is 12.5. The van der Waals surface area contributed by atoms with E-state index in [2.05, 4.69) is 31.1 Å². The van der Waals surface area contributed by atoms with Crippen molar-refractivity contribution in [3.8, 4) is 0 Å². The van der Waals surface area contributed by atoms with Gasteiger partial charge in [-0.05, 0) is 25.3 Å². The molecule has 4 nitrogen and oxygen atoms in total. The Bertz CT molecular complexity index is 378. The summed E-state index contributed by atoms with van der Waals surface area (Å²) in [4.78, 5) is 14.9. The van der Waals surface area contributed by atoms with Gasteiger partial charge in [0, 0.05) is 17.9 Å². The van der Waals surface area contributed by atoms with E-state index in [9.17, 15) is 4.79 Å². The quantitative estimate of drug-likeness (QED) is 0.796. The topological polar surface area (TPSA) is 62.2 Å². The van der Waals surface area contributed by atoms with E-state index in [1.54, 1.807) is 12.3 Å². The number of nitrogens with zero attached hydrogens (tertiary/aromatic N) is 1. The fourth-order valence-electron chi connectivity index (χ4n) is 1.97. The summed E-state index contributed by atoms with van der Waals surface area (Å²) < 4.78 is 0. The molecule has 1 aromatic heterocycles. The molecule has 0 atom stereocenters. The Hall–Kier alpha value is -1.58. The number of hydrogen-bond donors (Lipinski definition) is 2. The van der Waals surface area contributed by atoms with Gasteiger partial charge in [0.2, 0.25) is 0 Å². The molecule has 0 amide bonds. The third-order valence-electron chi connectivity index (χ3n) is 3.48. The normalized spacial score (nSPS) is 11.2. The van der Waals surface area contributed by atoms with E-state index >= 15 is 0 Å². The second kappa shape index (κ2) is 5.66. The Kier molecular flexibility index (Phi) is 4.49. The Morgan fingerprint density at radius 2 is 1.94 bits per heavy atom. The molecule has 0 saturated carbocycles. The second-order valence-corrected chi connectivity index (χ2v) is 4.19. The fraction of sp³-hybridized carbons (Fsp3) is 0.538. The molecule has 1 rings (SSSR count). The van der Waals surface area contributed by atoms with Gasteiger partial charge in [0.05, 0.1) is 5.69 Å². The van der Waals surface area contributed by atoms with Crippen LogP contribution in [-0.2, 0) is 0 Å². The average molecular weight is 236 g/mol. The molecule has 0 bridgehead atoms. The SMILES string of the molecule is CCC(CC)(CC)Nc1ccncc1C(=O)O. The highest BCUT2D eigenvalue weighted by atomic mass is 16.4. The molecule has 0 aliphatic rings. The first-order valence-electron chi connectivity index (χ1n) is 6.04. The number of carboxylic acids is 1. The van der Waals surface area contributed by atoms with Gasteiger partial charge in [-0.1, -0.05) is 20.8 Å². The summed E-state index contributed by atoms with van der Waals surface area (Å²) in [7, 11) is 0. The van der Waals surface area contributed by atoms with Crippen LogP contribution < -0.4 is 5.32 Å². The van der Waals surface area contributed by atoms with Crippen LogP contribution in [0.2, 0.25) is 0 Å². The smallest absolute Gasteiger partial charge is 0.339 e. The average Bonchev–Trinajstić information content (AvgIpc) is 2.36. The molecule has 1 heterocycles. The van der Waals surface area contributed by atoms with Crippen molar-refractivity contribution in [1.29, 1.82) is 0 Å². The molecule has 0 unspecified atom stereocenters. The third-order valence-corrected chi connectivity index (χ3v) is 3.48. The predicted octanol–water partition coefficient (Wildman–Crippen LogP) is 3.16. The summed E-state index contributed by atoms with van der Waals surface area (Å²) in [6.07, 6.45) is 5.88. The monoisotopic (exact) mass is 236 g/mol. The van der Waals surface area contributed by atoms with Crippen LogP contribution in [0, 0.1) is 0 Å². The zero-order valence-corrected chi connectivity index (χ0v) is 10.7. The van der Waals surface area contributed by atoms with Crippen molar-refractivity contribution >= 4 is 11.7 Å². The minimum atomic E-state index is -0.946. The number of nitrogens with one attached hydrogen (secondary N) is 1. The van der Waals surface area contributed by atoms with Gasteiger partial charge >= 0.3 is 5.97 Å². The number of pyridine rings is 1. The van der Waals surface area contributed by atoms with Crippen LogP contribution in [0.4, 0.5) is 5.69 Å². The second-order valence-electron chi connectivity index (χ2n) is 4.19. The van der Waals surface area contributed by atoms with Gasteiger partial charge in [0.15, 0.2) is 0 Å². The van der Waals surface area contributed by atoms with Crippen LogP contribution in [0.1, 0.15) is 50.4 Å². The molecule has 0 aromatic carbocycles. The molecule has 1 aromatic rings. The molecular formula is C13H20N2O2. The Labute approximate surface area is 102 Å². The largest absolute Gasteiger partial charge is 0.478 e. The molecule has 17 heavy (non-hydrogen) atoms. The van der Waals surface area contributed by atoms with E-state index in [0.29, 0.717) is 5.69 Å². The number of hydrogen-bond acceptors (Lipinski definition) is 3. The number of aromatic carboxylic acids is 1. The molecular weight excluding hydrogens is 216 g/mol. The first-order chi connectivity index (χ1) is 8.08. The highest BCUT2D eigenvalue weighted by molar-refractivity contribution is 5.93. The number of carbonyl (C=O) groups is 1. The van der Waals surface area contributed by atoms with Crippen LogP contribution in [-0.4, -0.2) is 21.6 Å². The maximum atomic E-state index is 11.1. The van der Waals surface area contributed by atoms with Crippen LogP contribution in [0.3, 0.4) is 0 Å². The summed E-state index contributed by atoms with van der Waals surface area (Å²) in [5.41, 5.74) is 0.844. The molecule has 0 saturated heterocycles. The molecule has 0 aliphatic carbocycles. The lowest BCUT2D eigenvalue weighted by molar-refractivity contribution is 0.0697. The van der Waals surface area contributed by atoms with Gasteiger partial charge in [-0.15, -0.1) is 0 Å². The summed E-state index contributed by atoms with van der Waals surface area (Å²) in [5.74, 6) is -0.946. The molecule has 94 valence electrons. The van der Waals surface area contributed by atoms with Crippen LogP contribution >= 0.6 is 0 Å². The van der Waals surface area contributed by atoms with Crippen molar-refractivity contribution < 1.29 is 9.90 Å². The fourth-order valence-corrected chi connectivity index (χ4v) is 1.97. The molecule has 4 heteroatoms. The van der Waals surface area contributed by atoms with Gasteiger partial charge < -0.3 is 10.4 Å². The van der Waals surface area contributed by atoms with Crippen LogP contribution in [0.15, 0.2) is 18.5 Å². The first-order valence-corrected chi connectivity index (χ1v) is 6.04. The van der Waals surface area contributed by atoms with E-state index in [1.165, 1.54) is 6.20 Å². The van der Waals surface area contributed by atoms with Gasteiger partial charge in [0.1, 0.15) is 5.56 Å². The number of carboxylic acid groups (broad SMARTS) is 1. The molecule has 0 radical (unpaired) electrons. The van der Waals surface area contributed by atoms with Crippen molar-refractivity contribution in [3.05, 3.63) is 24.0 Å². The molecule has 0 spiro atoms. The van der Waals surface area contributed by atoms with Gasteiger partial charge in [-0.25, -0.2) is 4.79 Å². The Morgan fingerprint density at radius 3 is 2.41 bits per heavy atom. The van der Waals surface area contributed by atoms with E-state index in [-0.39, 0.29) is 11.1 Å². The summed E-state index contributed by atoms with van der Waals surface area (Å²) in [6, 6.07) is 1.72. The predicted molar refractivity (Wildman–Crippen MR) is 68.4 cm³/mol. The van der Waals surface area contributed by atoms with E-state index in [1.807, 2.05) is 0 Å². The number of aromatic nitrogens is 1. The Balaban J connectivity index is 3.05. The number of rotatable bonds is 6. The van der Waals surface area contributed by atoms with Crippen LogP contribution in [0.25, 0.3) is 0 Å². The van der Waals surface area contributed by atoms with Gasteiger partial charge in [-0.2, -0.15) is 0 Å². The van der Waals surface area contributed by atoms with Crippen molar-refractivity contribution in [3.63, 3.8) is 0 Å². The van der Waals surface area contributed by atoms with Crippen molar-refractivity contribution in [2.75, 3.05) is 5.32 Å². The minimum Gasteiger partial charge on any atom is -0.478 e. The van der Waals surface area contributed by atoms with E-state index in [4.69, 9.17) is 5.11 Å². The summed E-state index contributed by atoms with van der Waals surface area (Å²) in [6.45, 7) is 6.34. The van der Waals surface area contributed by atoms with E-state index < -0.39 is 5.97 Å². The molecule has 0 fully saturated rings. The first kappa shape index (κ1) is 13.5. The van der Waals surface area contributed by atoms with Crippen molar-refractivity contribution in [2.24, 2.45) is 0 Å². The van der Waals surface area contributed by atoms with Crippen LogP contribution in [0.5, 0.6) is 0 Å². The Morgan fingerprint density at radius 1 is 1.35 bits per heavy atom. The zero-order chi connectivity index (χ0) is 12.9. The lowest BCUT2D eigenvalue weighted by Gasteiger charge is -2.33. The zero-order valence-electron chi connectivity index (χ0n) is 10.7. The summed E-state index contributed by atoms with van der Waals surface area (Å²) >= 11 is 0. The number of anilines is 1. The standard InChI is InChI=1S/C13H20N2O2/c1-4-13(5-2,6-3)15-11-7-8-14-9-10(11)12(16)17/h7-9H,4-6H2,1-3H3,(H,14,15)(H,16,17). The third kappa shape index (κ3) is 2.96. The maximum absolute atomic E-state index is 11.1. The minimum absolute atomic E-state index is 0.0362. The molecule has 2 N–H and O–H groups in total. The van der Waals surface area contributed by atoms with Crippen molar-refractivity contribution in [1.82, 2.24) is 4.98 Å². The lowest BCUT2D eigenvalue weighted by atomic mass is 9.89. The van der Waals surface area contributed by atoms with E-state index in [0.717, 1.165) is 19.3 Å². The highest BCUT2D eigenvalue weighted by Crippen LogP contribution is 2.27. The van der Waals surface area contributed by atoms with Gasteiger partial charge in [0.25, 0.3) is 0 Å². The lowest BCUT2D eigenvalue weighted by Crippen LogP contribution is -2.36. The molecule has 0 aliphatic heterocycles. The maximum Gasteiger partial charge on any atom is 0.339 e. The highest BCUT2D eigenvalue weighted by Gasteiger charge is 2.25. The van der Waals surface area contributed by atoms with Gasteiger partial charge in [-0.3, -0.25) is 4.98 Å². The van der Waals surface area contributed by atoms with Crippen molar-refractivity contribution in [2.45, 2.75) is 45.6 Å².